The molecule has 0 atom stereocenters. The predicted octanol–water partition coefficient (Wildman–Crippen LogP) is 19.2. The van der Waals surface area contributed by atoms with Crippen LogP contribution in [0.2, 0.25) is 0 Å². The van der Waals surface area contributed by atoms with E-state index in [4.69, 9.17) is 9.97 Å². The molecule has 0 aliphatic carbocycles. The maximum absolute atomic E-state index is 5.77. The first-order valence-electron chi connectivity index (χ1n) is 26.9. The van der Waals surface area contributed by atoms with Crippen molar-refractivity contribution in [1.29, 1.82) is 0 Å². The number of aromatic nitrogens is 4. The number of aromatic amines is 2. The third-order valence-electron chi connectivity index (χ3n) is 15.2. The normalized spacial score (nSPS) is 13.2. The summed E-state index contributed by atoms with van der Waals surface area (Å²) in [5.41, 5.74) is 23.5. The molecule has 5 aromatic carbocycles. The Bertz CT molecular complexity index is 3540. The number of fused-ring (bicyclic) bond motifs is 8. The molecule has 10 rings (SSSR count). The molecule has 4 heteroatoms. The third-order valence-corrected chi connectivity index (χ3v) is 15.2. The van der Waals surface area contributed by atoms with Crippen molar-refractivity contribution in [2.24, 2.45) is 0 Å². The first-order valence-corrected chi connectivity index (χ1v) is 26.9. The lowest BCUT2D eigenvalue weighted by molar-refractivity contribution is 0.589. The van der Waals surface area contributed by atoms with Crippen molar-refractivity contribution in [3.05, 3.63) is 219 Å². The molecule has 3 aromatic heterocycles. The molecule has 0 saturated carbocycles. The SMILES string of the molecule is CC(C)(C)c1ccc(-c2c3nc(c(-c4ccc(C(C)(C)C)cc4)c4ccc([nH]4)c([C+](c4ccc(C(C)(C)C)cc4)c4ccc(C(C)(C)C)cc4)c4nc(c(-c5ccc(C(C)(C)C)cc5)c5ccc2[nH]5)C=C4)C=C3)cc1. The van der Waals surface area contributed by atoms with Crippen LogP contribution in [-0.2, 0) is 27.1 Å². The Morgan fingerprint density at radius 1 is 0.280 bits per heavy atom. The van der Waals surface area contributed by atoms with Crippen LogP contribution in [0.5, 0.6) is 0 Å². The summed E-state index contributed by atoms with van der Waals surface area (Å²) < 4.78 is 0. The molecule has 8 bridgehead atoms. The minimum absolute atomic E-state index is 0.00112. The molecule has 0 amide bonds. The molecule has 2 N–H and O–H groups in total. The fourth-order valence-corrected chi connectivity index (χ4v) is 10.5. The van der Waals surface area contributed by atoms with Crippen molar-refractivity contribution in [3.63, 3.8) is 0 Å². The number of hydrogen-bond donors (Lipinski definition) is 2. The zero-order valence-electron chi connectivity index (χ0n) is 47.1. The van der Waals surface area contributed by atoms with Crippen LogP contribution in [0.4, 0.5) is 0 Å². The van der Waals surface area contributed by atoms with E-state index in [1.54, 1.807) is 0 Å². The summed E-state index contributed by atoms with van der Waals surface area (Å²) >= 11 is 0. The maximum atomic E-state index is 5.77. The van der Waals surface area contributed by atoms with E-state index in [0.717, 1.165) is 101 Å². The standard InChI is InChI=1S/C71H75N4/c1-67(2,3)49-26-16-44(17-27-49)62(45-18-28-50(29-19-45)68(4,5)6)66-60-42-40-58(74-60)64(47-22-32-52(33-23-47)70(10,11)12)56-38-36-54(72-56)63(46-20-30-51(31-21-46)69(7,8)9)55-37-39-57(73-55)65(59-41-43-61(66)75-59)48-24-34-53(35-25-48)71(13,14)15/h16-43,72,75H,1-15H3/q+1. The highest BCUT2D eigenvalue weighted by atomic mass is 14.8. The summed E-state index contributed by atoms with van der Waals surface area (Å²) in [5, 5.41) is 0. The summed E-state index contributed by atoms with van der Waals surface area (Å²) in [6, 6.07) is 54.5. The van der Waals surface area contributed by atoms with Gasteiger partial charge >= 0.3 is 0 Å². The quantitative estimate of drug-likeness (QED) is 0.163. The van der Waals surface area contributed by atoms with Crippen LogP contribution in [0.1, 0.15) is 171 Å². The van der Waals surface area contributed by atoms with Gasteiger partial charge in [0.2, 0.25) is 0 Å². The average Bonchev–Trinajstić information content (AvgIpc) is 4.21. The molecule has 75 heavy (non-hydrogen) atoms. The number of hydrogen-bond acceptors (Lipinski definition) is 2. The fourth-order valence-electron chi connectivity index (χ4n) is 10.5. The molecule has 0 fully saturated rings. The fraction of sp³-hybridized carbons (Fsp3) is 0.282. The maximum Gasteiger partial charge on any atom is 0.119 e. The molecule has 378 valence electrons. The summed E-state index contributed by atoms with van der Waals surface area (Å²) in [5.74, 6) is 1.11. The molecule has 0 spiro atoms. The number of nitrogens with one attached hydrogen (secondary N) is 2. The van der Waals surface area contributed by atoms with Crippen LogP contribution in [0.15, 0.2) is 146 Å². The zero-order chi connectivity index (χ0) is 53.4. The number of rotatable bonds is 6. The molecule has 2 aliphatic rings. The topological polar surface area (TPSA) is 57.4 Å². The Hall–Kier alpha value is -7.43. The highest BCUT2D eigenvalue weighted by Crippen LogP contribution is 2.42. The van der Waals surface area contributed by atoms with Crippen molar-refractivity contribution < 1.29 is 0 Å². The molecule has 4 nitrogen and oxygen atoms in total. The van der Waals surface area contributed by atoms with E-state index in [-0.39, 0.29) is 27.1 Å². The molecule has 2 aliphatic heterocycles. The van der Waals surface area contributed by atoms with Crippen molar-refractivity contribution in [3.8, 4) is 33.4 Å². The van der Waals surface area contributed by atoms with Gasteiger partial charge in [-0.2, -0.15) is 0 Å². The lowest BCUT2D eigenvalue weighted by atomic mass is 9.80. The van der Waals surface area contributed by atoms with E-state index in [2.05, 4.69) is 284 Å². The second kappa shape index (κ2) is 18.7. The number of benzene rings is 5. The molecule has 0 radical (unpaired) electrons. The molecule has 5 heterocycles. The van der Waals surface area contributed by atoms with Gasteiger partial charge in [-0.25, -0.2) is 9.97 Å². The van der Waals surface area contributed by atoms with Crippen molar-refractivity contribution in [2.45, 2.75) is 131 Å². The zero-order valence-corrected chi connectivity index (χ0v) is 47.1. The van der Waals surface area contributed by atoms with Crippen LogP contribution in [-0.4, -0.2) is 19.9 Å². The van der Waals surface area contributed by atoms with Crippen LogP contribution < -0.4 is 0 Å². The van der Waals surface area contributed by atoms with Gasteiger partial charge in [-0.05, 0) is 169 Å². The second-order valence-electron chi connectivity index (χ2n) is 26.0. The van der Waals surface area contributed by atoms with Gasteiger partial charge in [0, 0.05) is 27.7 Å². The van der Waals surface area contributed by atoms with E-state index >= 15 is 0 Å². The predicted molar refractivity (Wildman–Crippen MR) is 322 cm³/mol. The van der Waals surface area contributed by atoms with Gasteiger partial charge in [-0.1, -0.05) is 177 Å². The van der Waals surface area contributed by atoms with Crippen molar-refractivity contribution in [2.75, 3.05) is 0 Å². The smallest absolute Gasteiger partial charge is 0.119 e. The summed E-state index contributed by atoms with van der Waals surface area (Å²) in [6.07, 6.45) is 8.82. The van der Waals surface area contributed by atoms with Gasteiger partial charge in [0.15, 0.2) is 0 Å². The third kappa shape index (κ3) is 10.2. The van der Waals surface area contributed by atoms with E-state index in [9.17, 15) is 0 Å². The minimum atomic E-state index is -0.00487. The second-order valence-corrected chi connectivity index (χ2v) is 26.0. The first-order chi connectivity index (χ1) is 35.3. The Labute approximate surface area is 447 Å². The van der Waals surface area contributed by atoms with Crippen molar-refractivity contribution >= 4 is 46.4 Å². The van der Waals surface area contributed by atoms with Gasteiger partial charge in [-0.15, -0.1) is 0 Å². The monoisotopic (exact) mass is 984 g/mol. The highest BCUT2D eigenvalue weighted by Gasteiger charge is 2.31. The van der Waals surface area contributed by atoms with Gasteiger partial charge < -0.3 is 9.97 Å². The van der Waals surface area contributed by atoms with Crippen LogP contribution in [0.3, 0.4) is 0 Å². The Balaban J connectivity index is 1.36. The largest absolute Gasteiger partial charge is 0.354 e. The average molecular weight is 984 g/mol. The molecule has 0 unspecified atom stereocenters. The van der Waals surface area contributed by atoms with Gasteiger partial charge in [0.25, 0.3) is 0 Å². The first kappa shape index (κ1) is 51.1. The molecule has 0 saturated heterocycles. The molecular formula is C71H75N4+. The lowest BCUT2D eigenvalue weighted by Crippen LogP contribution is -2.13. The summed E-state index contributed by atoms with van der Waals surface area (Å²) in [4.78, 5) is 19.5. The van der Waals surface area contributed by atoms with E-state index in [0.29, 0.717) is 0 Å². The van der Waals surface area contributed by atoms with Crippen molar-refractivity contribution in [1.82, 2.24) is 19.9 Å². The number of nitrogens with zero attached hydrogens (tertiary/aromatic N) is 2. The Morgan fingerprint density at radius 3 is 0.813 bits per heavy atom. The van der Waals surface area contributed by atoms with Gasteiger partial charge in [-0.3, -0.25) is 0 Å². The van der Waals surface area contributed by atoms with Crippen LogP contribution >= 0.6 is 0 Å². The number of H-pyrrole nitrogens is 2. The van der Waals surface area contributed by atoms with Crippen LogP contribution in [0.25, 0.3) is 79.8 Å². The lowest BCUT2D eigenvalue weighted by Gasteiger charge is -2.21. The highest BCUT2D eigenvalue weighted by molar-refractivity contribution is 5.98. The minimum Gasteiger partial charge on any atom is -0.354 e. The Morgan fingerprint density at radius 2 is 0.520 bits per heavy atom. The molecule has 8 aromatic rings. The Kier molecular flexibility index (Phi) is 12.8. The van der Waals surface area contributed by atoms with Gasteiger partial charge in [0.05, 0.1) is 45.2 Å². The van der Waals surface area contributed by atoms with E-state index in [1.807, 2.05) is 0 Å². The summed E-state index contributed by atoms with van der Waals surface area (Å²) in [7, 11) is 0. The van der Waals surface area contributed by atoms with Crippen LogP contribution in [0, 0.1) is 5.92 Å². The summed E-state index contributed by atoms with van der Waals surface area (Å²) in [6.45, 7) is 34.1. The van der Waals surface area contributed by atoms with Gasteiger partial charge in [0.1, 0.15) is 11.3 Å². The van der Waals surface area contributed by atoms with E-state index in [1.165, 1.54) is 27.8 Å². The molecular weight excluding hydrogens is 909 g/mol. The van der Waals surface area contributed by atoms with E-state index < -0.39 is 0 Å².